The molecule has 0 radical (unpaired) electrons. The smallest absolute Gasteiger partial charge is 0.339 e. The average Bonchev–Trinajstić information content (AvgIpc) is 3.29. The summed E-state index contributed by atoms with van der Waals surface area (Å²) < 4.78 is 5.59. The highest BCUT2D eigenvalue weighted by molar-refractivity contribution is 5.90. The van der Waals surface area contributed by atoms with Crippen molar-refractivity contribution >= 4 is 29.7 Å². The number of hydrazone groups is 1. The molecule has 7 heteroatoms. The van der Waals surface area contributed by atoms with Crippen molar-refractivity contribution < 1.29 is 9.53 Å². The molecule has 1 saturated heterocycles. The van der Waals surface area contributed by atoms with Crippen molar-refractivity contribution in [1.82, 2.24) is 10.3 Å². The van der Waals surface area contributed by atoms with Crippen molar-refractivity contribution in [1.29, 1.82) is 0 Å². The number of allylic oxidation sites excluding steroid dienone is 2. The Morgan fingerprint density at radius 3 is 2.43 bits per heavy atom. The number of morpholine rings is 1. The molecular weight excluding hydrogens is 438 g/mol. The minimum absolute atomic E-state index is 0.358. The van der Waals surface area contributed by atoms with Crippen LogP contribution in [0, 0.1) is 0 Å². The van der Waals surface area contributed by atoms with E-state index in [1.165, 1.54) is 22.5 Å². The molecule has 2 aliphatic rings. The fraction of sp³-hybridized carbons (Fsp3) is 0.357. The van der Waals surface area contributed by atoms with Crippen LogP contribution < -0.4 is 15.6 Å². The van der Waals surface area contributed by atoms with Crippen molar-refractivity contribution in [2.75, 3.05) is 49.6 Å². The summed E-state index contributed by atoms with van der Waals surface area (Å²) in [5, 5.41) is 7.03. The van der Waals surface area contributed by atoms with Crippen molar-refractivity contribution in [2.45, 2.75) is 26.7 Å². The number of rotatable bonds is 8. The molecule has 1 fully saturated rings. The van der Waals surface area contributed by atoms with Crippen LogP contribution in [0.5, 0.6) is 0 Å². The van der Waals surface area contributed by atoms with Crippen LogP contribution in [0.1, 0.15) is 32.3 Å². The van der Waals surface area contributed by atoms with Crippen LogP contribution in [0.3, 0.4) is 0 Å². The summed E-state index contributed by atoms with van der Waals surface area (Å²) in [5.74, 6) is 0. The van der Waals surface area contributed by atoms with E-state index in [-0.39, 0.29) is 6.03 Å². The van der Waals surface area contributed by atoms with Crippen LogP contribution in [0.2, 0.25) is 0 Å². The summed E-state index contributed by atoms with van der Waals surface area (Å²) in [6.45, 7) is 9.51. The van der Waals surface area contributed by atoms with E-state index in [2.05, 4.69) is 69.8 Å². The summed E-state index contributed by atoms with van der Waals surface area (Å²) in [5.41, 5.74) is 9.42. The number of para-hydroxylation sites is 1. The largest absolute Gasteiger partial charge is 0.378 e. The standard InChI is InChI=1S/C28H35N5O2/c1-3-32(4-2)26-14-10-22(11-15-26)20-23-12-13-24(27(23)33-16-18-35-19-17-33)21-29-31-28(34)30-25-8-6-5-7-9-25/h5-11,14-15,20-21H,3-4,12-13,16-19H2,1-2H3,(H2,30,31,34)/b23-20+,29-21+. The third-order valence-corrected chi connectivity index (χ3v) is 6.38. The van der Waals surface area contributed by atoms with Crippen molar-refractivity contribution in [2.24, 2.45) is 5.10 Å². The molecule has 0 spiro atoms. The van der Waals surface area contributed by atoms with Crippen molar-refractivity contribution in [3.63, 3.8) is 0 Å². The summed E-state index contributed by atoms with van der Waals surface area (Å²) in [7, 11) is 0. The summed E-state index contributed by atoms with van der Waals surface area (Å²) in [4.78, 5) is 16.9. The number of carbonyl (C=O) groups excluding carboxylic acids is 1. The highest BCUT2D eigenvalue weighted by Gasteiger charge is 2.25. The number of nitrogens with zero attached hydrogens (tertiary/aromatic N) is 3. The SMILES string of the molecule is CCN(CC)c1ccc(/C=C2\CCC(/C=N/NC(=O)Nc3ccccc3)=C2N2CCOCC2)cc1. The summed E-state index contributed by atoms with van der Waals surface area (Å²) >= 11 is 0. The molecule has 2 amide bonds. The van der Waals surface area contributed by atoms with Gasteiger partial charge in [-0.1, -0.05) is 30.3 Å². The van der Waals surface area contributed by atoms with Crippen LogP contribution in [0.4, 0.5) is 16.2 Å². The molecule has 2 aromatic rings. The highest BCUT2D eigenvalue weighted by Crippen LogP contribution is 2.35. The molecule has 7 nitrogen and oxygen atoms in total. The molecule has 35 heavy (non-hydrogen) atoms. The second-order valence-electron chi connectivity index (χ2n) is 8.60. The van der Waals surface area contributed by atoms with E-state index < -0.39 is 0 Å². The molecule has 1 aliphatic carbocycles. The zero-order valence-corrected chi connectivity index (χ0v) is 20.7. The molecule has 1 heterocycles. The highest BCUT2D eigenvalue weighted by atomic mass is 16.5. The number of urea groups is 1. The molecule has 0 aromatic heterocycles. The van der Waals surface area contributed by atoms with Gasteiger partial charge in [0.15, 0.2) is 0 Å². The van der Waals surface area contributed by atoms with E-state index in [1.807, 2.05) is 30.3 Å². The van der Waals surface area contributed by atoms with E-state index in [0.717, 1.165) is 63.5 Å². The first kappa shape index (κ1) is 24.5. The lowest BCUT2D eigenvalue weighted by Crippen LogP contribution is -2.36. The van der Waals surface area contributed by atoms with Crippen LogP contribution in [0.25, 0.3) is 6.08 Å². The van der Waals surface area contributed by atoms with Gasteiger partial charge in [-0.2, -0.15) is 5.10 Å². The van der Waals surface area contributed by atoms with Crippen LogP contribution in [-0.4, -0.2) is 56.5 Å². The van der Waals surface area contributed by atoms with Crippen LogP contribution in [-0.2, 0) is 4.74 Å². The van der Waals surface area contributed by atoms with Gasteiger partial charge in [0.25, 0.3) is 0 Å². The number of amides is 2. The lowest BCUT2D eigenvalue weighted by atomic mass is 10.1. The third kappa shape index (κ3) is 6.51. The van der Waals surface area contributed by atoms with Gasteiger partial charge >= 0.3 is 6.03 Å². The summed E-state index contributed by atoms with van der Waals surface area (Å²) in [6.07, 6.45) is 5.91. The maximum absolute atomic E-state index is 12.2. The maximum Gasteiger partial charge on any atom is 0.339 e. The Morgan fingerprint density at radius 2 is 1.74 bits per heavy atom. The van der Waals surface area contributed by atoms with Gasteiger partial charge in [-0.05, 0) is 73.7 Å². The zero-order chi connectivity index (χ0) is 24.5. The van der Waals surface area contributed by atoms with E-state index in [4.69, 9.17) is 4.74 Å². The Labute approximate surface area is 208 Å². The Hall–Kier alpha value is -3.58. The normalized spacial score (nSPS) is 17.3. The lowest BCUT2D eigenvalue weighted by molar-refractivity contribution is 0.0548. The molecule has 0 bridgehead atoms. The molecule has 0 saturated carbocycles. The first-order valence-corrected chi connectivity index (χ1v) is 12.4. The van der Waals surface area contributed by atoms with Crippen molar-refractivity contribution in [3.8, 4) is 0 Å². The Balaban J connectivity index is 1.51. The molecule has 184 valence electrons. The molecule has 4 rings (SSSR count). The molecule has 0 atom stereocenters. The van der Waals surface area contributed by atoms with E-state index in [0.29, 0.717) is 0 Å². The molecule has 2 aromatic carbocycles. The maximum atomic E-state index is 12.2. The Bertz CT molecular complexity index is 1070. The number of benzene rings is 2. The average molecular weight is 474 g/mol. The van der Waals surface area contributed by atoms with E-state index in [9.17, 15) is 4.79 Å². The zero-order valence-electron chi connectivity index (χ0n) is 20.7. The van der Waals surface area contributed by atoms with Gasteiger partial charge in [-0.3, -0.25) is 0 Å². The van der Waals surface area contributed by atoms with Gasteiger partial charge in [0, 0.05) is 43.3 Å². The monoisotopic (exact) mass is 473 g/mol. The first-order chi connectivity index (χ1) is 17.2. The van der Waals surface area contributed by atoms with E-state index in [1.54, 1.807) is 6.21 Å². The van der Waals surface area contributed by atoms with Crippen molar-refractivity contribution in [3.05, 3.63) is 77.0 Å². The predicted octanol–water partition coefficient (Wildman–Crippen LogP) is 5.10. The minimum Gasteiger partial charge on any atom is -0.378 e. The Morgan fingerprint density at radius 1 is 1.03 bits per heavy atom. The molecule has 1 aliphatic heterocycles. The van der Waals surface area contributed by atoms with E-state index >= 15 is 0 Å². The quantitative estimate of drug-likeness (QED) is 0.413. The fourth-order valence-corrected chi connectivity index (χ4v) is 4.59. The van der Waals surface area contributed by atoms with Crippen LogP contribution >= 0.6 is 0 Å². The van der Waals surface area contributed by atoms with Crippen LogP contribution in [0.15, 0.2) is 76.5 Å². The molecule has 0 unspecified atom stereocenters. The second-order valence-corrected chi connectivity index (χ2v) is 8.60. The number of carbonyl (C=O) groups is 1. The van der Waals surface area contributed by atoms with Gasteiger partial charge in [0.2, 0.25) is 0 Å². The topological polar surface area (TPSA) is 69.2 Å². The number of hydrogen-bond acceptors (Lipinski definition) is 5. The number of nitrogens with one attached hydrogen (secondary N) is 2. The minimum atomic E-state index is -0.358. The summed E-state index contributed by atoms with van der Waals surface area (Å²) in [6, 6.07) is 17.8. The predicted molar refractivity (Wildman–Crippen MR) is 144 cm³/mol. The lowest BCUT2D eigenvalue weighted by Gasteiger charge is -2.31. The molecular formula is C28H35N5O2. The fourth-order valence-electron chi connectivity index (χ4n) is 4.59. The van der Waals surface area contributed by atoms with Gasteiger partial charge in [-0.25, -0.2) is 10.2 Å². The number of ether oxygens (including phenoxy) is 1. The van der Waals surface area contributed by atoms with Gasteiger partial charge in [0.1, 0.15) is 0 Å². The van der Waals surface area contributed by atoms with Gasteiger partial charge < -0.3 is 19.9 Å². The van der Waals surface area contributed by atoms with Gasteiger partial charge in [0.05, 0.1) is 19.4 Å². The third-order valence-electron chi connectivity index (χ3n) is 6.38. The number of anilines is 2. The van der Waals surface area contributed by atoms with Gasteiger partial charge in [-0.15, -0.1) is 0 Å². The Kier molecular flexibility index (Phi) is 8.57. The first-order valence-electron chi connectivity index (χ1n) is 12.4. The second kappa shape index (κ2) is 12.2. The number of hydrogen-bond donors (Lipinski definition) is 2. The molecule has 2 N–H and O–H groups in total.